The molecule has 1 aromatic heterocycles. The molecule has 1 amide bonds. The van der Waals surface area contributed by atoms with Crippen molar-refractivity contribution in [1.82, 2.24) is 4.98 Å². The summed E-state index contributed by atoms with van der Waals surface area (Å²) in [7, 11) is 0. The van der Waals surface area contributed by atoms with Gasteiger partial charge in [0.1, 0.15) is 4.34 Å². The summed E-state index contributed by atoms with van der Waals surface area (Å²) in [5, 5.41) is 3.28. The molecule has 1 N–H and O–H groups in total. The van der Waals surface area contributed by atoms with Gasteiger partial charge in [-0.05, 0) is 6.26 Å². The van der Waals surface area contributed by atoms with Gasteiger partial charge >= 0.3 is 0 Å². The number of nitrogens with one attached hydrogen (secondary N) is 1. The van der Waals surface area contributed by atoms with Crippen LogP contribution in [0, 0.1) is 5.92 Å². The van der Waals surface area contributed by atoms with E-state index in [1.165, 1.54) is 17.5 Å². The monoisotopic (exact) mass is 250 g/mol. The number of halogens is 1. The van der Waals surface area contributed by atoms with E-state index in [4.69, 9.17) is 11.6 Å². The van der Waals surface area contributed by atoms with Crippen molar-refractivity contribution < 1.29 is 4.79 Å². The normalized spacial score (nSPS) is 12.5. The van der Waals surface area contributed by atoms with E-state index in [2.05, 4.69) is 10.3 Å². The SMILES string of the molecule is CSC[C@H](C)C(=O)Nc1ncc(Cl)s1. The van der Waals surface area contributed by atoms with Crippen LogP contribution in [0.15, 0.2) is 6.20 Å². The standard InChI is InChI=1S/C8H11ClN2OS2/c1-5(4-13-2)7(12)11-8-10-3-6(9)14-8/h3,5H,4H2,1-2H3,(H,10,11,12)/t5-/m0/s1. The van der Waals surface area contributed by atoms with Gasteiger partial charge < -0.3 is 5.32 Å². The van der Waals surface area contributed by atoms with Crippen LogP contribution in [0.25, 0.3) is 0 Å². The van der Waals surface area contributed by atoms with E-state index >= 15 is 0 Å². The van der Waals surface area contributed by atoms with Crippen LogP contribution in [0.4, 0.5) is 5.13 Å². The number of thiazole rings is 1. The van der Waals surface area contributed by atoms with Gasteiger partial charge in [-0.2, -0.15) is 11.8 Å². The largest absolute Gasteiger partial charge is 0.302 e. The Morgan fingerprint density at radius 3 is 3.07 bits per heavy atom. The Balaban J connectivity index is 2.48. The third-order valence-corrected chi connectivity index (χ3v) is 3.44. The zero-order chi connectivity index (χ0) is 10.6. The van der Waals surface area contributed by atoms with E-state index in [0.29, 0.717) is 9.47 Å². The van der Waals surface area contributed by atoms with Gasteiger partial charge in [-0.15, -0.1) is 0 Å². The maximum atomic E-state index is 11.5. The Morgan fingerprint density at radius 1 is 1.86 bits per heavy atom. The molecule has 0 saturated carbocycles. The van der Waals surface area contributed by atoms with Gasteiger partial charge in [0.05, 0.1) is 6.20 Å². The summed E-state index contributed by atoms with van der Waals surface area (Å²) in [5.41, 5.74) is 0. The van der Waals surface area contributed by atoms with Crippen LogP contribution in [-0.4, -0.2) is 22.9 Å². The number of aromatic nitrogens is 1. The van der Waals surface area contributed by atoms with Crippen molar-refractivity contribution in [3.63, 3.8) is 0 Å². The molecule has 0 spiro atoms. The molecule has 0 radical (unpaired) electrons. The van der Waals surface area contributed by atoms with Gasteiger partial charge in [0, 0.05) is 11.7 Å². The molecule has 0 aromatic carbocycles. The maximum absolute atomic E-state index is 11.5. The van der Waals surface area contributed by atoms with Gasteiger partial charge in [-0.3, -0.25) is 4.79 Å². The smallest absolute Gasteiger partial charge is 0.229 e. The zero-order valence-electron chi connectivity index (χ0n) is 7.91. The zero-order valence-corrected chi connectivity index (χ0v) is 10.3. The van der Waals surface area contributed by atoms with Crippen LogP contribution >= 0.6 is 34.7 Å². The number of carbonyl (C=O) groups excluding carboxylic acids is 1. The molecule has 0 aliphatic heterocycles. The summed E-state index contributed by atoms with van der Waals surface area (Å²) in [5.74, 6) is 0.795. The van der Waals surface area contributed by atoms with Crippen molar-refractivity contribution in [2.75, 3.05) is 17.3 Å². The van der Waals surface area contributed by atoms with Gasteiger partial charge in [0.25, 0.3) is 0 Å². The average molecular weight is 251 g/mol. The molecule has 1 atom stereocenters. The second-order valence-electron chi connectivity index (χ2n) is 2.82. The molecule has 0 fully saturated rings. The fraction of sp³-hybridized carbons (Fsp3) is 0.500. The molecule has 0 aliphatic carbocycles. The molecular weight excluding hydrogens is 240 g/mol. The minimum atomic E-state index is -0.00892. The summed E-state index contributed by atoms with van der Waals surface area (Å²) in [6.07, 6.45) is 3.51. The van der Waals surface area contributed by atoms with Crippen molar-refractivity contribution in [1.29, 1.82) is 0 Å². The number of anilines is 1. The van der Waals surface area contributed by atoms with Crippen LogP contribution in [0.3, 0.4) is 0 Å². The topological polar surface area (TPSA) is 42.0 Å². The molecule has 0 aliphatic rings. The Hall–Kier alpha value is -0.260. The van der Waals surface area contributed by atoms with E-state index in [-0.39, 0.29) is 11.8 Å². The highest BCUT2D eigenvalue weighted by molar-refractivity contribution is 7.98. The lowest BCUT2D eigenvalue weighted by Gasteiger charge is -2.07. The molecule has 3 nitrogen and oxygen atoms in total. The fourth-order valence-electron chi connectivity index (χ4n) is 0.867. The molecule has 0 unspecified atom stereocenters. The predicted molar refractivity (Wildman–Crippen MR) is 63.3 cm³/mol. The minimum absolute atomic E-state index is 0.00678. The molecule has 1 aromatic rings. The van der Waals surface area contributed by atoms with Crippen LogP contribution in [0.2, 0.25) is 4.34 Å². The van der Waals surface area contributed by atoms with Crippen LogP contribution in [0.5, 0.6) is 0 Å². The molecule has 1 rings (SSSR count). The van der Waals surface area contributed by atoms with Crippen molar-refractivity contribution in [2.24, 2.45) is 5.92 Å². The van der Waals surface area contributed by atoms with Gasteiger partial charge in [-0.25, -0.2) is 4.98 Å². The van der Waals surface area contributed by atoms with E-state index in [9.17, 15) is 4.79 Å². The maximum Gasteiger partial charge on any atom is 0.229 e. The number of amides is 1. The lowest BCUT2D eigenvalue weighted by Crippen LogP contribution is -2.21. The van der Waals surface area contributed by atoms with Crippen LogP contribution in [-0.2, 0) is 4.79 Å². The Labute approximate surface area is 96.3 Å². The summed E-state index contributed by atoms with van der Waals surface area (Å²) in [6, 6.07) is 0. The Kier molecular flexibility index (Phi) is 4.71. The molecule has 0 saturated heterocycles. The third-order valence-electron chi connectivity index (χ3n) is 1.57. The highest BCUT2D eigenvalue weighted by Gasteiger charge is 2.13. The third kappa shape index (κ3) is 3.48. The molecule has 14 heavy (non-hydrogen) atoms. The lowest BCUT2D eigenvalue weighted by molar-refractivity contribution is -0.118. The molecule has 6 heteroatoms. The Morgan fingerprint density at radius 2 is 2.57 bits per heavy atom. The predicted octanol–water partition coefficient (Wildman–Crippen LogP) is 2.73. The van der Waals surface area contributed by atoms with Crippen molar-refractivity contribution in [3.05, 3.63) is 10.5 Å². The number of thioether (sulfide) groups is 1. The van der Waals surface area contributed by atoms with E-state index in [0.717, 1.165) is 5.75 Å². The van der Waals surface area contributed by atoms with Crippen molar-refractivity contribution in [2.45, 2.75) is 6.92 Å². The average Bonchev–Trinajstić information content (AvgIpc) is 2.51. The second-order valence-corrected chi connectivity index (χ2v) is 5.39. The van der Waals surface area contributed by atoms with Gasteiger partial charge in [0.15, 0.2) is 5.13 Å². The lowest BCUT2D eigenvalue weighted by atomic mass is 10.2. The first-order valence-electron chi connectivity index (χ1n) is 4.04. The van der Waals surface area contributed by atoms with Crippen LogP contribution < -0.4 is 5.32 Å². The molecule has 0 bridgehead atoms. The van der Waals surface area contributed by atoms with E-state index in [1.807, 2.05) is 13.2 Å². The number of carbonyl (C=O) groups is 1. The van der Waals surface area contributed by atoms with E-state index < -0.39 is 0 Å². The minimum Gasteiger partial charge on any atom is -0.302 e. The number of hydrogen-bond donors (Lipinski definition) is 1. The van der Waals surface area contributed by atoms with Gasteiger partial charge in [-0.1, -0.05) is 29.9 Å². The number of rotatable bonds is 4. The first kappa shape index (κ1) is 11.8. The second kappa shape index (κ2) is 5.58. The molecular formula is C8H11ClN2OS2. The first-order chi connectivity index (χ1) is 6.63. The Bertz CT molecular complexity index is 316. The van der Waals surface area contributed by atoms with Crippen LogP contribution in [0.1, 0.15) is 6.92 Å². The highest BCUT2D eigenvalue weighted by Crippen LogP contribution is 2.23. The summed E-state index contributed by atoms with van der Waals surface area (Å²) < 4.78 is 0.581. The van der Waals surface area contributed by atoms with Crippen molar-refractivity contribution >= 4 is 45.7 Å². The fourth-order valence-corrected chi connectivity index (χ4v) is 2.33. The number of hydrogen-bond acceptors (Lipinski definition) is 4. The molecule has 1 heterocycles. The number of nitrogens with zero attached hydrogens (tertiary/aromatic N) is 1. The molecule has 78 valence electrons. The summed E-state index contributed by atoms with van der Waals surface area (Å²) >= 11 is 8.60. The first-order valence-corrected chi connectivity index (χ1v) is 6.63. The summed E-state index contributed by atoms with van der Waals surface area (Å²) in [6.45, 7) is 1.89. The highest BCUT2D eigenvalue weighted by atomic mass is 35.5. The summed E-state index contributed by atoms with van der Waals surface area (Å²) in [4.78, 5) is 15.5. The quantitative estimate of drug-likeness (QED) is 0.894. The van der Waals surface area contributed by atoms with E-state index in [1.54, 1.807) is 11.8 Å². The van der Waals surface area contributed by atoms with Crippen molar-refractivity contribution in [3.8, 4) is 0 Å². The van der Waals surface area contributed by atoms with Gasteiger partial charge in [0.2, 0.25) is 5.91 Å².